The Hall–Kier alpha value is -2.34. The van der Waals surface area contributed by atoms with Gasteiger partial charge in [0.05, 0.1) is 6.42 Å². The summed E-state index contributed by atoms with van der Waals surface area (Å²) in [4.78, 5) is 24.1. The van der Waals surface area contributed by atoms with Crippen LogP contribution in [0.3, 0.4) is 0 Å². The Kier molecular flexibility index (Phi) is 6.81. The van der Waals surface area contributed by atoms with E-state index < -0.39 is 0 Å². The Morgan fingerprint density at radius 1 is 1.00 bits per heavy atom. The molecule has 2 rings (SSSR count). The summed E-state index contributed by atoms with van der Waals surface area (Å²) >= 11 is 1.51. The first-order valence-corrected chi connectivity index (χ1v) is 8.53. The quantitative estimate of drug-likeness (QED) is 0.757. The SMILES string of the molecule is CNC(=O)Cc1ccc(NC(=O)CCSc2ccc(F)cc2)cc1. The van der Waals surface area contributed by atoms with Crippen LogP contribution >= 0.6 is 11.8 Å². The fourth-order valence-corrected chi connectivity index (χ4v) is 2.85. The first-order valence-electron chi connectivity index (χ1n) is 7.54. The minimum Gasteiger partial charge on any atom is -0.359 e. The molecular weight excluding hydrogens is 327 g/mol. The second-order valence-corrected chi connectivity index (χ2v) is 6.32. The summed E-state index contributed by atoms with van der Waals surface area (Å²) in [5.41, 5.74) is 1.59. The van der Waals surface area contributed by atoms with Gasteiger partial charge in [-0.1, -0.05) is 12.1 Å². The Balaban J connectivity index is 1.75. The van der Waals surface area contributed by atoms with Crippen molar-refractivity contribution in [3.63, 3.8) is 0 Å². The number of likely N-dealkylation sites (N-methyl/N-ethyl adjacent to an activating group) is 1. The van der Waals surface area contributed by atoms with E-state index in [1.165, 1.54) is 23.9 Å². The van der Waals surface area contributed by atoms with Gasteiger partial charge in [0.25, 0.3) is 0 Å². The molecule has 126 valence electrons. The van der Waals surface area contributed by atoms with E-state index in [-0.39, 0.29) is 17.6 Å². The molecular formula is C18H19FN2O2S. The van der Waals surface area contributed by atoms with E-state index in [4.69, 9.17) is 0 Å². The number of hydrogen-bond acceptors (Lipinski definition) is 3. The first-order chi connectivity index (χ1) is 11.6. The second kappa shape index (κ2) is 9.08. The van der Waals surface area contributed by atoms with Crippen molar-refractivity contribution in [1.29, 1.82) is 0 Å². The van der Waals surface area contributed by atoms with Gasteiger partial charge in [-0.25, -0.2) is 4.39 Å². The van der Waals surface area contributed by atoms with Crippen LogP contribution < -0.4 is 10.6 Å². The van der Waals surface area contributed by atoms with Gasteiger partial charge in [0.15, 0.2) is 0 Å². The maximum atomic E-state index is 12.8. The molecule has 0 bridgehead atoms. The van der Waals surface area contributed by atoms with Crippen molar-refractivity contribution in [1.82, 2.24) is 5.32 Å². The molecule has 0 heterocycles. The standard InChI is InChI=1S/C18H19FN2O2S/c1-20-18(23)12-13-2-6-15(7-3-13)21-17(22)10-11-24-16-8-4-14(19)5-9-16/h2-9H,10-12H2,1H3,(H,20,23)(H,21,22). The average molecular weight is 346 g/mol. The van der Waals surface area contributed by atoms with E-state index in [1.807, 2.05) is 12.1 Å². The van der Waals surface area contributed by atoms with Crippen LogP contribution in [0.2, 0.25) is 0 Å². The van der Waals surface area contributed by atoms with E-state index in [2.05, 4.69) is 10.6 Å². The monoisotopic (exact) mass is 346 g/mol. The van der Waals surface area contributed by atoms with E-state index >= 15 is 0 Å². The van der Waals surface area contributed by atoms with Gasteiger partial charge in [-0.15, -0.1) is 11.8 Å². The zero-order valence-electron chi connectivity index (χ0n) is 13.3. The predicted molar refractivity (Wildman–Crippen MR) is 94.6 cm³/mol. The molecule has 0 spiro atoms. The van der Waals surface area contributed by atoms with Crippen LogP contribution in [0.25, 0.3) is 0 Å². The van der Waals surface area contributed by atoms with Gasteiger partial charge in [-0.2, -0.15) is 0 Å². The molecule has 0 saturated heterocycles. The van der Waals surface area contributed by atoms with Crippen LogP contribution in [-0.2, 0) is 16.0 Å². The molecule has 2 aromatic rings. The number of halogens is 1. The Morgan fingerprint density at radius 2 is 1.67 bits per heavy atom. The Labute approximate surface area is 144 Å². The third kappa shape index (κ3) is 6.04. The molecule has 24 heavy (non-hydrogen) atoms. The predicted octanol–water partition coefficient (Wildman–Crippen LogP) is 3.24. The fraction of sp³-hybridized carbons (Fsp3) is 0.222. The molecule has 6 heteroatoms. The Morgan fingerprint density at radius 3 is 2.29 bits per heavy atom. The van der Waals surface area contributed by atoms with Crippen LogP contribution in [-0.4, -0.2) is 24.6 Å². The molecule has 0 aliphatic rings. The summed E-state index contributed by atoms with van der Waals surface area (Å²) in [6, 6.07) is 13.4. The molecule has 2 N–H and O–H groups in total. The highest BCUT2D eigenvalue weighted by Crippen LogP contribution is 2.19. The smallest absolute Gasteiger partial charge is 0.225 e. The van der Waals surface area contributed by atoms with E-state index in [0.717, 1.165) is 10.5 Å². The zero-order chi connectivity index (χ0) is 17.4. The average Bonchev–Trinajstić information content (AvgIpc) is 2.58. The van der Waals surface area contributed by atoms with Crippen molar-refractivity contribution in [2.24, 2.45) is 0 Å². The number of thioether (sulfide) groups is 1. The number of rotatable bonds is 7. The summed E-state index contributed by atoms with van der Waals surface area (Å²) in [6.45, 7) is 0. The summed E-state index contributed by atoms with van der Waals surface area (Å²) in [5.74, 6) is 0.219. The molecule has 4 nitrogen and oxygen atoms in total. The number of anilines is 1. The van der Waals surface area contributed by atoms with Crippen LogP contribution in [0.15, 0.2) is 53.4 Å². The topological polar surface area (TPSA) is 58.2 Å². The van der Waals surface area contributed by atoms with E-state index in [9.17, 15) is 14.0 Å². The van der Waals surface area contributed by atoms with Gasteiger partial charge in [0, 0.05) is 29.8 Å². The van der Waals surface area contributed by atoms with Crippen molar-refractivity contribution < 1.29 is 14.0 Å². The van der Waals surface area contributed by atoms with Gasteiger partial charge in [0.2, 0.25) is 11.8 Å². The molecule has 0 fully saturated rings. The second-order valence-electron chi connectivity index (χ2n) is 5.15. The highest BCUT2D eigenvalue weighted by Gasteiger charge is 2.05. The van der Waals surface area contributed by atoms with Crippen LogP contribution in [0.4, 0.5) is 10.1 Å². The fourth-order valence-electron chi connectivity index (χ4n) is 2.00. The number of carbonyl (C=O) groups is 2. The van der Waals surface area contributed by atoms with Crippen molar-refractivity contribution in [3.8, 4) is 0 Å². The number of benzene rings is 2. The van der Waals surface area contributed by atoms with Gasteiger partial charge in [-0.3, -0.25) is 9.59 Å². The lowest BCUT2D eigenvalue weighted by atomic mass is 10.1. The zero-order valence-corrected chi connectivity index (χ0v) is 14.2. The maximum absolute atomic E-state index is 12.8. The molecule has 2 amide bonds. The third-order valence-electron chi connectivity index (χ3n) is 3.29. The number of nitrogens with one attached hydrogen (secondary N) is 2. The van der Waals surface area contributed by atoms with Gasteiger partial charge >= 0.3 is 0 Å². The van der Waals surface area contributed by atoms with Gasteiger partial charge < -0.3 is 10.6 Å². The summed E-state index contributed by atoms with van der Waals surface area (Å²) in [6.07, 6.45) is 0.682. The summed E-state index contributed by atoms with van der Waals surface area (Å²) < 4.78 is 12.8. The van der Waals surface area contributed by atoms with Gasteiger partial charge in [0.1, 0.15) is 5.82 Å². The highest BCUT2D eigenvalue weighted by molar-refractivity contribution is 7.99. The molecule has 0 aromatic heterocycles. The number of hydrogen-bond donors (Lipinski definition) is 2. The molecule has 0 unspecified atom stereocenters. The number of carbonyl (C=O) groups excluding carboxylic acids is 2. The van der Waals surface area contributed by atoms with E-state index in [1.54, 1.807) is 31.3 Å². The highest BCUT2D eigenvalue weighted by atomic mass is 32.2. The Bertz CT molecular complexity index is 687. The molecule has 0 saturated carbocycles. The summed E-state index contributed by atoms with van der Waals surface area (Å²) in [5, 5.41) is 5.39. The van der Waals surface area contributed by atoms with Crippen LogP contribution in [0.5, 0.6) is 0 Å². The molecule has 0 radical (unpaired) electrons. The maximum Gasteiger partial charge on any atom is 0.225 e. The van der Waals surface area contributed by atoms with Crippen molar-refractivity contribution in [3.05, 3.63) is 59.9 Å². The van der Waals surface area contributed by atoms with Crippen molar-refractivity contribution >= 4 is 29.3 Å². The lowest BCUT2D eigenvalue weighted by Crippen LogP contribution is -2.19. The largest absolute Gasteiger partial charge is 0.359 e. The summed E-state index contributed by atoms with van der Waals surface area (Å²) in [7, 11) is 1.60. The molecule has 0 atom stereocenters. The molecule has 2 aromatic carbocycles. The van der Waals surface area contributed by atoms with Crippen LogP contribution in [0, 0.1) is 5.82 Å². The third-order valence-corrected chi connectivity index (χ3v) is 4.31. The lowest BCUT2D eigenvalue weighted by molar-refractivity contribution is -0.120. The minimum atomic E-state index is -0.267. The lowest BCUT2D eigenvalue weighted by Gasteiger charge is -2.07. The first kappa shape index (κ1) is 18.0. The molecule has 0 aliphatic heterocycles. The minimum absolute atomic E-state index is 0.0513. The van der Waals surface area contributed by atoms with Crippen LogP contribution in [0.1, 0.15) is 12.0 Å². The van der Waals surface area contributed by atoms with Gasteiger partial charge in [-0.05, 0) is 42.0 Å². The van der Waals surface area contributed by atoms with Crippen molar-refractivity contribution in [2.75, 3.05) is 18.1 Å². The van der Waals surface area contributed by atoms with Crippen molar-refractivity contribution in [2.45, 2.75) is 17.7 Å². The van der Waals surface area contributed by atoms with E-state index in [0.29, 0.717) is 24.3 Å². The number of amides is 2. The normalized spacial score (nSPS) is 10.2. The molecule has 0 aliphatic carbocycles.